The van der Waals surface area contributed by atoms with Gasteiger partial charge in [0.2, 0.25) is 0 Å². The van der Waals surface area contributed by atoms with Crippen molar-refractivity contribution in [3.8, 4) is 0 Å². The van der Waals surface area contributed by atoms with Gasteiger partial charge in [0.25, 0.3) is 11.8 Å². The second-order valence-corrected chi connectivity index (χ2v) is 8.21. The molecule has 1 aliphatic rings. The highest BCUT2D eigenvalue weighted by Gasteiger charge is 2.32. The van der Waals surface area contributed by atoms with E-state index in [2.05, 4.69) is 20.3 Å². The van der Waals surface area contributed by atoms with Gasteiger partial charge in [-0.25, -0.2) is 15.0 Å². The number of rotatable bonds is 5. The van der Waals surface area contributed by atoms with Gasteiger partial charge in [0, 0.05) is 36.4 Å². The average molecular weight is 442 g/mol. The fourth-order valence-electron chi connectivity index (χ4n) is 3.66. The molecule has 1 fully saturated rings. The smallest absolute Gasteiger partial charge is 0.261 e. The maximum atomic E-state index is 13.1. The van der Waals surface area contributed by atoms with Crippen molar-refractivity contribution in [1.29, 1.82) is 0 Å². The molecule has 9 nitrogen and oxygen atoms in total. The van der Waals surface area contributed by atoms with Gasteiger partial charge < -0.3 is 20.1 Å². The summed E-state index contributed by atoms with van der Waals surface area (Å²) in [6, 6.07) is 3.71. The SMILES string of the molecule is Cc1ncc(C(=O)N2CCO[C@@H](c3c(C(=O)NCCO)sc4ncccc34)C2)c(C)n1. The minimum atomic E-state index is -0.475. The van der Waals surface area contributed by atoms with E-state index in [0.29, 0.717) is 41.7 Å². The number of amides is 2. The van der Waals surface area contributed by atoms with E-state index in [0.717, 1.165) is 15.8 Å². The standard InChI is InChI=1S/C21H23N5O4S/c1-12-15(10-24-13(2)25-12)21(29)26-7-9-30-16(11-26)17-14-4-3-5-23-20(14)31-18(17)19(28)22-6-8-27/h3-5,10,16,27H,6-9,11H2,1-2H3,(H,22,28)/t16-/m1/s1. The lowest BCUT2D eigenvalue weighted by Crippen LogP contribution is -2.43. The molecule has 0 aliphatic carbocycles. The van der Waals surface area contributed by atoms with Crippen LogP contribution in [0.15, 0.2) is 24.5 Å². The van der Waals surface area contributed by atoms with E-state index in [9.17, 15) is 9.59 Å². The van der Waals surface area contributed by atoms with Crippen molar-refractivity contribution in [2.45, 2.75) is 20.0 Å². The molecule has 0 spiro atoms. The molecule has 0 radical (unpaired) electrons. The number of aliphatic hydroxyl groups is 1. The predicted molar refractivity (Wildman–Crippen MR) is 115 cm³/mol. The number of ether oxygens (including phenoxy) is 1. The first-order valence-electron chi connectivity index (χ1n) is 9.97. The van der Waals surface area contributed by atoms with Crippen LogP contribution in [0.3, 0.4) is 0 Å². The van der Waals surface area contributed by atoms with Crippen molar-refractivity contribution in [2.75, 3.05) is 32.8 Å². The molecule has 31 heavy (non-hydrogen) atoms. The Balaban J connectivity index is 1.66. The van der Waals surface area contributed by atoms with Crippen molar-refractivity contribution in [3.63, 3.8) is 0 Å². The summed E-state index contributed by atoms with van der Waals surface area (Å²) in [5.74, 6) is 0.168. The van der Waals surface area contributed by atoms with Crippen LogP contribution in [0.25, 0.3) is 10.2 Å². The molecule has 0 bridgehead atoms. The number of hydrogen-bond donors (Lipinski definition) is 2. The number of morpholine rings is 1. The molecular weight excluding hydrogens is 418 g/mol. The summed E-state index contributed by atoms with van der Waals surface area (Å²) in [7, 11) is 0. The molecule has 4 rings (SSSR count). The summed E-state index contributed by atoms with van der Waals surface area (Å²) in [6.07, 6.45) is 2.76. The molecule has 1 atom stereocenters. The van der Waals surface area contributed by atoms with Crippen LogP contribution in [-0.4, -0.2) is 69.6 Å². The normalized spacial score (nSPS) is 16.5. The third kappa shape index (κ3) is 4.27. The zero-order valence-corrected chi connectivity index (χ0v) is 18.1. The van der Waals surface area contributed by atoms with E-state index in [-0.39, 0.29) is 25.0 Å². The largest absolute Gasteiger partial charge is 0.395 e. The van der Waals surface area contributed by atoms with E-state index < -0.39 is 6.10 Å². The van der Waals surface area contributed by atoms with Crippen molar-refractivity contribution in [3.05, 3.63) is 52.0 Å². The van der Waals surface area contributed by atoms with Crippen molar-refractivity contribution < 1.29 is 19.4 Å². The number of carbonyl (C=O) groups excluding carboxylic acids is 2. The number of pyridine rings is 1. The summed E-state index contributed by atoms with van der Waals surface area (Å²) in [6.45, 7) is 4.67. The van der Waals surface area contributed by atoms with Gasteiger partial charge >= 0.3 is 0 Å². The second kappa shape index (κ2) is 9.04. The van der Waals surface area contributed by atoms with Gasteiger partial charge in [-0.15, -0.1) is 11.3 Å². The third-order valence-corrected chi connectivity index (χ3v) is 6.24. The van der Waals surface area contributed by atoms with E-state index in [4.69, 9.17) is 9.84 Å². The summed E-state index contributed by atoms with van der Waals surface area (Å²) >= 11 is 1.28. The van der Waals surface area contributed by atoms with Crippen LogP contribution in [0.1, 0.15) is 43.2 Å². The molecule has 1 aliphatic heterocycles. The Morgan fingerprint density at radius 3 is 2.97 bits per heavy atom. The van der Waals surface area contributed by atoms with Gasteiger partial charge in [0.05, 0.1) is 31.0 Å². The first kappa shape index (κ1) is 21.3. The number of thiophene rings is 1. The lowest BCUT2D eigenvalue weighted by Gasteiger charge is -2.33. The highest BCUT2D eigenvalue weighted by Crippen LogP contribution is 2.37. The fourth-order valence-corrected chi connectivity index (χ4v) is 4.77. The monoisotopic (exact) mass is 441 g/mol. The Hall–Kier alpha value is -2.95. The van der Waals surface area contributed by atoms with Crippen LogP contribution in [-0.2, 0) is 4.74 Å². The Morgan fingerprint density at radius 1 is 1.35 bits per heavy atom. The van der Waals surface area contributed by atoms with Gasteiger partial charge in [0.15, 0.2) is 0 Å². The van der Waals surface area contributed by atoms with Crippen LogP contribution < -0.4 is 5.32 Å². The molecular formula is C21H23N5O4S. The third-order valence-electron chi connectivity index (χ3n) is 5.11. The highest BCUT2D eigenvalue weighted by molar-refractivity contribution is 7.20. The number of carbonyl (C=O) groups is 2. The predicted octanol–water partition coefficient (Wildman–Crippen LogP) is 1.64. The van der Waals surface area contributed by atoms with E-state index in [1.165, 1.54) is 11.3 Å². The lowest BCUT2D eigenvalue weighted by atomic mass is 10.0. The van der Waals surface area contributed by atoms with Gasteiger partial charge in [0.1, 0.15) is 21.6 Å². The molecule has 3 aromatic heterocycles. The number of aromatic nitrogens is 3. The van der Waals surface area contributed by atoms with Gasteiger partial charge in [-0.1, -0.05) is 6.07 Å². The van der Waals surface area contributed by atoms with Crippen LogP contribution in [0.5, 0.6) is 0 Å². The van der Waals surface area contributed by atoms with E-state index in [1.54, 1.807) is 31.1 Å². The Labute approximate surface area is 183 Å². The molecule has 4 heterocycles. The second-order valence-electron chi connectivity index (χ2n) is 7.21. The molecule has 2 amide bonds. The van der Waals surface area contributed by atoms with Crippen LogP contribution in [0.2, 0.25) is 0 Å². The van der Waals surface area contributed by atoms with Crippen LogP contribution in [0.4, 0.5) is 0 Å². The Morgan fingerprint density at radius 2 is 2.19 bits per heavy atom. The molecule has 2 N–H and O–H groups in total. The molecule has 0 saturated carbocycles. The molecule has 10 heteroatoms. The number of hydrogen-bond acceptors (Lipinski definition) is 8. The zero-order valence-electron chi connectivity index (χ0n) is 17.3. The average Bonchev–Trinajstić information content (AvgIpc) is 3.17. The Kier molecular flexibility index (Phi) is 6.21. The number of aliphatic hydroxyl groups excluding tert-OH is 1. The van der Waals surface area contributed by atoms with Gasteiger partial charge in [-0.2, -0.15) is 0 Å². The molecule has 0 unspecified atom stereocenters. The molecule has 0 aromatic carbocycles. The van der Waals surface area contributed by atoms with Crippen molar-refractivity contribution in [2.24, 2.45) is 0 Å². The van der Waals surface area contributed by atoms with Crippen LogP contribution in [0, 0.1) is 13.8 Å². The number of nitrogens with one attached hydrogen (secondary N) is 1. The topological polar surface area (TPSA) is 118 Å². The lowest BCUT2D eigenvalue weighted by molar-refractivity contribution is -0.0223. The van der Waals surface area contributed by atoms with Crippen molar-refractivity contribution in [1.82, 2.24) is 25.2 Å². The molecule has 3 aromatic rings. The minimum Gasteiger partial charge on any atom is -0.395 e. The minimum absolute atomic E-state index is 0.148. The van der Waals surface area contributed by atoms with Gasteiger partial charge in [-0.05, 0) is 19.9 Å². The quantitative estimate of drug-likeness (QED) is 0.618. The summed E-state index contributed by atoms with van der Waals surface area (Å²) < 4.78 is 6.02. The first-order valence-corrected chi connectivity index (χ1v) is 10.8. The fraction of sp³-hybridized carbons (Fsp3) is 0.381. The summed E-state index contributed by atoms with van der Waals surface area (Å²) in [4.78, 5) is 41.7. The van der Waals surface area contributed by atoms with Gasteiger partial charge in [-0.3, -0.25) is 9.59 Å². The van der Waals surface area contributed by atoms with Crippen LogP contribution >= 0.6 is 11.3 Å². The highest BCUT2D eigenvalue weighted by atomic mass is 32.1. The zero-order chi connectivity index (χ0) is 22.0. The Bertz CT molecular complexity index is 1130. The maximum Gasteiger partial charge on any atom is 0.261 e. The first-order chi connectivity index (χ1) is 15.0. The number of aryl methyl sites for hydroxylation is 2. The van der Waals surface area contributed by atoms with E-state index >= 15 is 0 Å². The summed E-state index contributed by atoms with van der Waals surface area (Å²) in [5.41, 5.74) is 1.82. The van der Waals surface area contributed by atoms with E-state index in [1.807, 2.05) is 12.1 Å². The molecule has 1 saturated heterocycles. The molecule has 162 valence electrons. The number of nitrogens with zero attached hydrogens (tertiary/aromatic N) is 4. The number of fused-ring (bicyclic) bond motifs is 1. The maximum absolute atomic E-state index is 13.1. The van der Waals surface area contributed by atoms with Crippen molar-refractivity contribution >= 4 is 33.4 Å². The summed E-state index contributed by atoms with van der Waals surface area (Å²) in [5, 5.41) is 12.6.